The highest BCUT2D eigenvalue weighted by molar-refractivity contribution is 5.93. The summed E-state index contributed by atoms with van der Waals surface area (Å²) in [6.07, 6.45) is 28.4. The van der Waals surface area contributed by atoms with Crippen molar-refractivity contribution < 1.29 is 28.6 Å². The van der Waals surface area contributed by atoms with E-state index in [-0.39, 0.29) is 35.8 Å². The lowest BCUT2D eigenvalue weighted by Crippen LogP contribution is -2.58. The molecule has 0 N–H and O–H groups in total. The molecule has 0 aromatic carbocycles. The van der Waals surface area contributed by atoms with Gasteiger partial charge in [-0.1, -0.05) is 122 Å². The van der Waals surface area contributed by atoms with Gasteiger partial charge >= 0.3 is 17.9 Å². The molecule has 49 heavy (non-hydrogen) atoms. The highest BCUT2D eigenvalue weighted by Gasteiger charge is 2.59. The van der Waals surface area contributed by atoms with Crippen LogP contribution in [0.25, 0.3) is 0 Å². The van der Waals surface area contributed by atoms with E-state index in [4.69, 9.17) is 14.2 Å². The number of hydrogen-bond acceptors (Lipinski definition) is 7. The van der Waals surface area contributed by atoms with Crippen LogP contribution in [-0.2, 0) is 23.8 Å². The van der Waals surface area contributed by atoms with Gasteiger partial charge in [-0.3, -0.25) is 9.78 Å². The summed E-state index contributed by atoms with van der Waals surface area (Å²) in [5.74, 6) is -0.775. The predicted octanol–water partition coefficient (Wildman–Crippen LogP) is 10.1. The average molecular weight is 676 g/mol. The number of hydrogen-bond donors (Lipinski definition) is 0. The van der Waals surface area contributed by atoms with Crippen LogP contribution >= 0.6 is 0 Å². The number of ether oxygens (including phenoxy) is 3. The fourth-order valence-electron chi connectivity index (χ4n) is 8.64. The Kier molecular flexibility index (Phi) is 15.2. The van der Waals surface area contributed by atoms with Gasteiger partial charge in [0.1, 0.15) is 19.3 Å². The molecule has 7 nitrogen and oxygen atoms in total. The lowest BCUT2D eigenvalue weighted by Gasteiger charge is -2.59. The number of rotatable bonds is 20. The number of allylic oxidation sites excluding steroid dienone is 2. The topological polar surface area (TPSA) is 91.8 Å². The van der Waals surface area contributed by atoms with Crippen molar-refractivity contribution in [3.63, 3.8) is 0 Å². The number of fused-ring (bicyclic) bond motifs is 1. The second-order valence-corrected chi connectivity index (χ2v) is 15.2. The van der Waals surface area contributed by atoms with Crippen molar-refractivity contribution in [2.75, 3.05) is 13.2 Å². The van der Waals surface area contributed by atoms with Crippen LogP contribution in [0.1, 0.15) is 147 Å². The van der Waals surface area contributed by atoms with Crippen LogP contribution in [0, 0.1) is 22.7 Å². The summed E-state index contributed by atoms with van der Waals surface area (Å²) in [6.45, 7) is 11.6. The standard InChI is InChI=1S/C42H61NO6/c1-5-6-7-8-9-10-11-12-13-14-15-16-17-20-38(44)48-31-42(4)36-24-21-32(2)35(23-22-33-26-29-47-39(33)45)41(36,3)27-25-37(42)49-40(46)34-19-18-28-43-30-34/h18-19,22-23,26,28,30,35-37H,2,5-17,20-21,24-25,27,29,31H2,1,3-4H3/b23-22+/t35-,36+,37-,41+,42+/m1/s1. The van der Waals surface area contributed by atoms with Crippen molar-refractivity contribution >= 4 is 17.9 Å². The lowest BCUT2D eigenvalue weighted by molar-refractivity contribution is -0.173. The Hall–Kier alpha value is -3.22. The van der Waals surface area contributed by atoms with E-state index in [1.807, 2.05) is 6.08 Å². The second-order valence-electron chi connectivity index (χ2n) is 15.2. The molecule has 1 aromatic heterocycles. The van der Waals surface area contributed by atoms with E-state index in [1.165, 1.54) is 70.4 Å². The van der Waals surface area contributed by atoms with Crippen LogP contribution in [-0.4, -0.2) is 42.2 Å². The van der Waals surface area contributed by atoms with E-state index in [2.05, 4.69) is 38.4 Å². The molecule has 5 atom stereocenters. The Morgan fingerprint density at radius 1 is 1.00 bits per heavy atom. The zero-order valence-corrected chi connectivity index (χ0v) is 30.5. The van der Waals surface area contributed by atoms with E-state index >= 15 is 0 Å². The summed E-state index contributed by atoms with van der Waals surface area (Å²) in [7, 11) is 0. The molecular formula is C42H61NO6. The average Bonchev–Trinajstić information content (AvgIpc) is 3.51. The van der Waals surface area contributed by atoms with Crippen molar-refractivity contribution in [3.8, 4) is 0 Å². The highest BCUT2D eigenvalue weighted by Crippen LogP contribution is 2.62. The number of carbonyl (C=O) groups excluding carboxylic acids is 3. The molecule has 0 unspecified atom stereocenters. The third-order valence-corrected chi connectivity index (χ3v) is 11.6. The summed E-state index contributed by atoms with van der Waals surface area (Å²) in [4.78, 5) is 42.6. The van der Waals surface area contributed by atoms with Crippen LogP contribution in [0.4, 0.5) is 0 Å². The summed E-state index contributed by atoms with van der Waals surface area (Å²) in [5, 5.41) is 0. The van der Waals surface area contributed by atoms with Crippen molar-refractivity contribution in [3.05, 3.63) is 66.0 Å². The van der Waals surface area contributed by atoms with Crippen molar-refractivity contribution in [2.24, 2.45) is 22.7 Å². The molecule has 2 saturated carbocycles. The summed E-state index contributed by atoms with van der Waals surface area (Å²) >= 11 is 0. The van der Waals surface area contributed by atoms with E-state index in [9.17, 15) is 14.4 Å². The fraction of sp³-hybridized carbons (Fsp3) is 0.667. The molecule has 0 spiro atoms. The van der Waals surface area contributed by atoms with Crippen molar-refractivity contribution in [1.82, 2.24) is 4.98 Å². The monoisotopic (exact) mass is 675 g/mol. The maximum Gasteiger partial charge on any atom is 0.339 e. The number of carbonyl (C=O) groups is 3. The first kappa shape index (κ1) is 38.6. The number of nitrogens with zero attached hydrogens (tertiary/aromatic N) is 1. The van der Waals surface area contributed by atoms with Gasteiger partial charge < -0.3 is 14.2 Å². The van der Waals surface area contributed by atoms with Crippen molar-refractivity contribution in [1.29, 1.82) is 0 Å². The molecule has 0 saturated heterocycles. The molecule has 0 amide bonds. The zero-order chi connectivity index (χ0) is 35.1. The Balaban J connectivity index is 1.33. The Morgan fingerprint density at radius 3 is 2.29 bits per heavy atom. The molecule has 1 aliphatic heterocycles. The van der Waals surface area contributed by atoms with Gasteiger partial charge in [0, 0.05) is 30.1 Å². The fourth-order valence-corrected chi connectivity index (χ4v) is 8.64. The van der Waals surface area contributed by atoms with Gasteiger partial charge in [0.25, 0.3) is 0 Å². The van der Waals surface area contributed by atoms with Gasteiger partial charge in [-0.25, -0.2) is 9.59 Å². The van der Waals surface area contributed by atoms with Crippen LogP contribution < -0.4 is 0 Å². The molecule has 270 valence electrons. The smallest absolute Gasteiger partial charge is 0.339 e. The van der Waals surface area contributed by atoms with Gasteiger partial charge in [-0.15, -0.1) is 0 Å². The molecule has 4 rings (SSSR count). The van der Waals surface area contributed by atoms with E-state index in [0.717, 1.165) is 44.1 Å². The molecule has 2 fully saturated rings. The van der Waals surface area contributed by atoms with Gasteiger partial charge in [0.05, 0.1) is 11.1 Å². The Bertz CT molecular complexity index is 1300. The molecule has 3 aliphatic rings. The number of cyclic esters (lactones) is 1. The maximum atomic E-state index is 13.3. The molecule has 0 radical (unpaired) electrons. The van der Waals surface area contributed by atoms with Gasteiger partial charge in [0.15, 0.2) is 0 Å². The quantitative estimate of drug-likeness (QED) is 0.0588. The maximum absolute atomic E-state index is 13.3. The number of unbranched alkanes of at least 4 members (excludes halogenated alkanes) is 12. The minimum absolute atomic E-state index is 0.0244. The molecule has 1 aromatic rings. The minimum Gasteiger partial charge on any atom is -0.465 e. The van der Waals surface area contributed by atoms with E-state index in [1.54, 1.807) is 24.4 Å². The zero-order valence-electron chi connectivity index (χ0n) is 30.5. The third kappa shape index (κ3) is 10.6. The molecule has 2 heterocycles. The Morgan fingerprint density at radius 2 is 1.67 bits per heavy atom. The van der Waals surface area contributed by atoms with E-state index < -0.39 is 17.5 Å². The van der Waals surface area contributed by atoms with Gasteiger partial charge in [0.2, 0.25) is 0 Å². The first-order valence-corrected chi connectivity index (χ1v) is 19.2. The lowest BCUT2D eigenvalue weighted by atomic mass is 9.46. The van der Waals surface area contributed by atoms with E-state index in [0.29, 0.717) is 30.6 Å². The van der Waals surface area contributed by atoms with Crippen molar-refractivity contribution in [2.45, 2.75) is 142 Å². The number of pyridine rings is 1. The summed E-state index contributed by atoms with van der Waals surface area (Å²) in [6, 6.07) is 3.44. The Labute approximate surface area is 295 Å². The van der Waals surface area contributed by atoms with Crippen LogP contribution in [0.2, 0.25) is 0 Å². The summed E-state index contributed by atoms with van der Waals surface area (Å²) < 4.78 is 17.4. The van der Waals surface area contributed by atoms with Gasteiger partial charge in [-0.2, -0.15) is 0 Å². The van der Waals surface area contributed by atoms with Crippen LogP contribution in [0.15, 0.2) is 60.5 Å². The first-order valence-electron chi connectivity index (χ1n) is 19.2. The largest absolute Gasteiger partial charge is 0.465 e. The SMILES string of the molecule is C=C1CC[C@@H]2[C@](C)(COC(=O)CCCCCCCCCCCCCCC)[C@H](OC(=O)c3cccnc3)CC[C@@]2(C)[C@@H]1/C=C/C1=CCOC1=O. The highest BCUT2D eigenvalue weighted by atomic mass is 16.6. The first-order chi connectivity index (χ1) is 23.7. The second kappa shape index (κ2) is 19.2. The van der Waals surface area contributed by atoms with Crippen LogP contribution in [0.3, 0.4) is 0 Å². The molecule has 0 bridgehead atoms. The predicted molar refractivity (Wildman–Crippen MR) is 194 cm³/mol. The summed E-state index contributed by atoms with van der Waals surface area (Å²) in [5.41, 5.74) is 1.29. The molecule has 2 aliphatic carbocycles. The third-order valence-electron chi connectivity index (χ3n) is 11.6. The molecular weight excluding hydrogens is 614 g/mol. The number of aromatic nitrogens is 1. The van der Waals surface area contributed by atoms with Gasteiger partial charge in [-0.05, 0) is 61.6 Å². The normalized spacial score (nSPS) is 26.7. The molecule has 7 heteroatoms. The minimum atomic E-state index is -0.602. The number of esters is 3. The van der Waals surface area contributed by atoms with Crippen LogP contribution in [0.5, 0.6) is 0 Å².